The van der Waals surface area contributed by atoms with Gasteiger partial charge < -0.3 is 15.2 Å². The van der Waals surface area contributed by atoms with E-state index >= 15 is 0 Å². The third-order valence-corrected chi connectivity index (χ3v) is 4.51. The molecule has 4 heteroatoms. The molecule has 4 nitrogen and oxygen atoms in total. The van der Waals surface area contributed by atoms with E-state index in [1.165, 1.54) is 6.42 Å². The molecule has 0 radical (unpaired) electrons. The Kier molecular flexibility index (Phi) is 3.76. The van der Waals surface area contributed by atoms with Gasteiger partial charge in [0, 0.05) is 24.9 Å². The van der Waals surface area contributed by atoms with Crippen LogP contribution in [-0.4, -0.2) is 29.4 Å². The molecule has 1 heterocycles. The predicted octanol–water partition coefficient (Wildman–Crippen LogP) is 2.08. The molecule has 2 N–H and O–H groups in total. The van der Waals surface area contributed by atoms with Crippen LogP contribution in [-0.2, 0) is 4.74 Å². The number of hydrogen-bond acceptors (Lipinski definition) is 4. The van der Waals surface area contributed by atoms with E-state index in [4.69, 9.17) is 4.74 Å². The topological polar surface area (TPSA) is 58.6 Å². The summed E-state index contributed by atoms with van der Waals surface area (Å²) >= 11 is 0. The summed E-state index contributed by atoms with van der Waals surface area (Å²) in [6.07, 6.45) is 4.70. The van der Waals surface area contributed by atoms with Gasteiger partial charge in [0.15, 0.2) is 0 Å². The number of esters is 1. The summed E-state index contributed by atoms with van der Waals surface area (Å²) in [5.41, 5.74) is 0.492. The number of carbonyl (C=O) groups is 1. The molecule has 3 atom stereocenters. The molecule has 0 spiro atoms. The van der Waals surface area contributed by atoms with E-state index in [1.54, 1.807) is 24.3 Å². The molecule has 1 saturated carbocycles. The van der Waals surface area contributed by atoms with Crippen LogP contribution in [0.3, 0.4) is 0 Å². The maximum absolute atomic E-state index is 12.2. The normalized spacial score (nSPS) is 33.2. The van der Waals surface area contributed by atoms with Crippen LogP contribution in [0.4, 0.5) is 0 Å². The molecular formula is C16H21NO3. The second-order valence-electron chi connectivity index (χ2n) is 5.80. The Morgan fingerprint density at radius 2 is 2.00 bits per heavy atom. The van der Waals surface area contributed by atoms with Crippen LogP contribution < -0.4 is 5.32 Å². The molecule has 2 fully saturated rings. The highest BCUT2D eigenvalue weighted by Gasteiger charge is 2.48. The van der Waals surface area contributed by atoms with E-state index in [0.29, 0.717) is 18.5 Å². The number of rotatable bonds is 2. The average molecular weight is 275 g/mol. The number of hydrogen-bond donors (Lipinski definition) is 2. The SMILES string of the molecule is O=C(O[C@@]1(O)CCN[C@@H]2CCCC[C@H]21)c1ccccc1. The van der Waals surface area contributed by atoms with Crippen LogP contribution in [0.5, 0.6) is 0 Å². The van der Waals surface area contributed by atoms with E-state index in [0.717, 1.165) is 19.3 Å². The monoisotopic (exact) mass is 275 g/mol. The minimum absolute atomic E-state index is 0.0117. The molecule has 1 aliphatic carbocycles. The fourth-order valence-electron chi connectivity index (χ4n) is 3.46. The third kappa shape index (κ3) is 2.58. The molecular weight excluding hydrogens is 254 g/mol. The summed E-state index contributed by atoms with van der Waals surface area (Å²) in [5, 5.41) is 14.3. The zero-order valence-corrected chi connectivity index (χ0v) is 11.5. The highest BCUT2D eigenvalue weighted by molar-refractivity contribution is 5.89. The second-order valence-corrected chi connectivity index (χ2v) is 5.80. The molecule has 0 unspecified atom stereocenters. The lowest BCUT2D eigenvalue weighted by Gasteiger charge is -2.46. The standard InChI is InChI=1S/C16H21NO3/c18-15(12-6-2-1-3-7-12)20-16(19)10-11-17-14-9-5-4-8-13(14)16/h1-3,6-7,13-14,17,19H,4-5,8-11H2/t13-,14-,16+/m1/s1. The second kappa shape index (κ2) is 5.54. The van der Waals surface area contributed by atoms with Gasteiger partial charge >= 0.3 is 5.97 Å². The molecule has 2 aliphatic rings. The number of piperidine rings is 1. The lowest BCUT2D eigenvalue weighted by Crippen LogP contribution is -2.59. The maximum Gasteiger partial charge on any atom is 0.340 e. The first-order chi connectivity index (χ1) is 9.69. The van der Waals surface area contributed by atoms with Crippen LogP contribution in [0.15, 0.2) is 30.3 Å². The summed E-state index contributed by atoms with van der Waals surface area (Å²) in [5.74, 6) is -1.74. The fourth-order valence-corrected chi connectivity index (χ4v) is 3.46. The van der Waals surface area contributed by atoms with Crippen molar-refractivity contribution in [2.75, 3.05) is 6.54 Å². The van der Waals surface area contributed by atoms with Crippen molar-refractivity contribution in [1.29, 1.82) is 0 Å². The van der Waals surface area contributed by atoms with Crippen molar-refractivity contribution >= 4 is 5.97 Å². The van der Waals surface area contributed by atoms with Gasteiger partial charge in [-0.3, -0.25) is 0 Å². The molecule has 20 heavy (non-hydrogen) atoms. The van der Waals surface area contributed by atoms with Gasteiger partial charge in [-0.05, 0) is 25.0 Å². The van der Waals surface area contributed by atoms with Gasteiger partial charge in [0.1, 0.15) is 0 Å². The Labute approximate surface area is 119 Å². The zero-order chi connectivity index (χ0) is 14.0. The van der Waals surface area contributed by atoms with Crippen molar-refractivity contribution in [2.45, 2.75) is 43.9 Å². The number of carbonyl (C=O) groups excluding carboxylic acids is 1. The summed E-state index contributed by atoms with van der Waals surface area (Å²) in [6.45, 7) is 0.694. The van der Waals surface area contributed by atoms with Crippen molar-refractivity contribution in [3.05, 3.63) is 35.9 Å². The lowest BCUT2D eigenvalue weighted by atomic mass is 9.75. The maximum atomic E-state index is 12.2. The van der Waals surface area contributed by atoms with E-state index in [2.05, 4.69) is 5.32 Å². The summed E-state index contributed by atoms with van der Waals surface area (Å²) in [7, 11) is 0. The zero-order valence-electron chi connectivity index (χ0n) is 11.5. The predicted molar refractivity (Wildman–Crippen MR) is 75.2 cm³/mol. The quantitative estimate of drug-likeness (QED) is 0.641. The smallest absolute Gasteiger partial charge is 0.340 e. The van der Waals surface area contributed by atoms with Gasteiger partial charge in [-0.1, -0.05) is 31.0 Å². The number of ether oxygens (including phenoxy) is 1. The molecule has 0 aromatic heterocycles. The first-order valence-electron chi connectivity index (χ1n) is 7.43. The van der Waals surface area contributed by atoms with E-state index in [9.17, 15) is 9.90 Å². The van der Waals surface area contributed by atoms with E-state index < -0.39 is 11.8 Å². The van der Waals surface area contributed by atoms with Crippen molar-refractivity contribution < 1.29 is 14.6 Å². The van der Waals surface area contributed by atoms with Crippen LogP contribution in [0, 0.1) is 5.92 Å². The van der Waals surface area contributed by atoms with Crippen LogP contribution in [0.1, 0.15) is 42.5 Å². The first kappa shape index (κ1) is 13.6. The van der Waals surface area contributed by atoms with Crippen molar-refractivity contribution in [3.8, 4) is 0 Å². The number of benzene rings is 1. The van der Waals surface area contributed by atoms with Gasteiger partial charge in [-0.15, -0.1) is 0 Å². The Morgan fingerprint density at radius 1 is 1.25 bits per heavy atom. The average Bonchev–Trinajstić information content (AvgIpc) is 2.48. The Bertz CT molecular complexity index is 474. The van der Waals surface area contributed by atoms with Crippen LogP contribution in [0.25, 0.3) is 0 Å². The minimum Gasteiger partial charge on any atom is -0.429 e. The number of aliphatic hydroxyl groups is 1. The molecule has 1 aromatic rings. The summed E-state index contributed by atoms with van der Waals surface area (Å²) in [4.78, 5) is 12.2. The van der Waals surface area contributed by atoms with Gasteiger partial charge in [0.25, 0.3) is 0 Å². The molecule has 1 saturated heterocycles. The highest BCUT2D eigenvalue weighted by atomic mass is 16.7. The molecule has 3 rings (SSSR count). The summed E-state index contributed by atoms with van der Waals surface area (Å²) in [6, 6.07) is 9.15. The minimum atomic E-state index is -1.32. The van der Waals surface area contributed by atoms with Gasteiger partial charge in [0.2, 0.25) is 5.79 Å². The van der Waals surface area contributed by atoms with Gasteiger partial charge in [-0.2, -0.15) is 0 Å². The Morgan fingerprint density at radius 3 is 2.80 bits per heavy atom. The third-order valence-electron chi connectivity index (χ3n) is 4.51. The Balaban J connectivity index is 1.75. The van der Waals surface area contributed by atoms with Gasteiger partial charge in [0.05, 0.1) is 5.56 Å². The van der Waals surface area contributed by atoms with Gasteiger partial charge in [-0.25, -0.2) is 4.79 Å². The molecule has 1 aromatic carbocycles. The van der Waals surface area contributed by atoms with Crippen molar-refractivity contribution in [2.24, 2.45) is 5.92 Å². The number of fused-ring (bicyclic) bond motifs is 1. The molecule has 0 bridgehead atoms. The molecule has 1 aliphatic heterocycles. The van der Waals surface area contributed by atoms with E-state index in [-0.39, 0.29) is 12.0 Å². The van der Waals surface area contributed by atoms with Crippen LogP contribution in [0.2, 0.25) is 0 Å². The van der Waals surface area contributed by atoms with E-state index in [1.807, 2.05) is 6.07 Å². The lowest BCUT2D eigenvalue weighted by molar-refractivity contribution is -0.227. The molecule has 108 valence electrons. The molecule has 0 amide bonds. The van der Waals surface area contributed by atoms with Crippen molar-refractivity contribution in [1.82, 2.24) is 5.32 Å². The van der Waals surface area contributed by atoms with Crippen molar-refractivity contribution in [3.63, 3.8) is 0 Å². The first-order valence-corrected chi connectivity index (χ1v) is 7.43. The summed E-state index contributed by atoms with van der Waals surface area (Å²) < 4.78 is 5.51. The highest BCUT2D eigenvalue weighted by Crippen LogP contribution is 2.38. The largest absolute Gasteiger partial charge is 0.429 e. The Hall–Kier alpha value is -1.39. The fraction of sp³-hybridized carbons (Fsp3) is 0.562. The van der Waals surface area contributed by atoms with Crippen LogP contribution >= 0.6 is 0 Å². The number of nitrogens with one attached hydrogen (secondary N) is 1.